The van der Waals surface area contributed by atoms with E-state index in [2.05, 4.69) is 5.32 Å². The molecule has 1 atom stereocenters. The molecular weight excluding hydrogens is 364 g/mol. The Morgan fingerprint density at radius 3 is 2.36 bits per heavy atom. The van der Waals surface area contributed by atoms with Crippen molar-refractivity contribution in [3.63, 3.8) is 0 Å². The number of aryl methyl sites for hydroxylation is 2. The maximum Gasteiger partial charge on any atom is 0.277 e. The van der Waals surface area contributed by atoms with Gasteiger partial charge in [0.25, 0.3) is 5.91 Å². The summed E-state index contributed by atoms with van der Waals surface area (Å²) in [6.45, 7) is 5.64. The Balaban J connectivity index is 1.86. The number of nitrogens with one attached hydrogen (secondary N) is 1. The monoisotopic (exact) mass is 390 g/mol. The molecule has 2 aromatic rings. The molecule has 0 aliphatic heterocycles. The van der Waals surface area contributed by atoms with Gasteiger partial charge < -0.3 is 15.5 Å². The summed E-state index contributed by atoms with van der Waals surface area (Å²) in [5.74, 6) is -2.32. The molecule has 0 fully saturated rings. The minimum Gasteiger partial charge on any atom is -0.333 e. The van der Waals surface area contributed by atoms with E-state index in [1.165, 1.54) is 11.0 Å². The van der Waals surface area contributed by atoms with Gasteiger partial charge in [-0.2, -0.15) is 0 Å². The molecule has 0 radical (unpaired) electrons. The fraction of sp³-hybridized carbons (Fsp3) is 0.333. The van der Waals surface area contributed by atoms with Gasteiger partial charge in [0.1, 0.15) is 6.04 Å². The average molecular weight is 390 g/mol. The van der Waals surface area contributed by atoms with E-state index in [-0.39, 0.29) is 30.9 Å². The Kier molecular flexibility index (Phi) is 7.23. The molecule has 0 saturated heterocycles. The molecule has 0 aliphatic rings. The number of halogens is 2. The number of quaternary nitrogens is 1. The molecule has 0 aromatic heterocycles. The highest BCUT2D eigenvalue weighted by Gasteiger charge is 2.18. The topological polar surface area (TPSA) is 66.0 Å². The molecule has 0 heterocycles. The predicted molar refractivity (Wildman–Crippen MR) is 104 cm³/mol. The normalized spacial score (nSPS) is 11.8. The number of rotatable bonds is 7. The van der Waals surface area contributed by atoms with E-state index in [1.807, 2.05) is 32.0 Å². The van der Waals surface area contributed by atoms with Gasteiger partial charge in [-0.25, -0.2) is 8.78 Å². The van der Waals surface area contributed by atoms with Crippen molar-refractivity contribution in [3.05, 3.63) is 64.7 Å². The molecule has 7 heteroatoms. The summed E-state index contributed by atoms with van der Waals surface area (Å²) in [5, 5.41) is 4.56. The van der Waals surface area contributed by atoms with E-state index in [4.69, 9.17) is 0 Å². The van der Waals surface area contributed by atoms with Crippen molar-refractivity contribution in [1.82, 2.24) is 4.90 Å². The number of hydrogen-bond donors (Lipinski definition) is 2. The largest absolute Gasteiger partial charge is 0.333 e. The molecule has 0 unspecified atom stereocenters. The highest BCUT2D eigenvalue weighted by molar-refractivity contribution is 5.95. The zero-order valence-electron chi connectivity index (χ0n) is 16.6. The fourth-order valence-corrected chi connectivity index (χ4v) is 2.86. The third-order valence-corrected chi connectivity index (χ3v) is 4.67. The molecule has 0 bridgehead atoms. The van der Waals surface area contributed by atoms with Crippen molar-refractivity contribution in [2.45, 2.75) is 26.8 Å². The smallest absolute Gasteiger partial charge is 0.277 e. The number of hydrogen-bond acceptors (Lipinski definition) is 2. The van der Waals surface area contributed by atoms with Crippen LogP contribution in [0, 0.1) is 25.5 Å². The van der Waals surface area contributed by atoms with E-state index < -0.39 is 11.6 Å². The van der Waals surface area contributed by atoms with Gasteiger partial charge in [0, 0.05) is 18.3 Å². The number of nitrogens with zero attached hydrogens (tertiary/aromatic N) is 1. The summed E-state index contributed by atoms with van der Waals surface area (Å²) in [5.41, 5.74) is 3.25. The van der Waals surface area contributed by atoms with Crippen molar-refractivity contribution in [1.29, 1.82) is 0 Å². The van der Waals surface area contributed by atoms with Crippen molar-refractivity contribution in [2.24, 2.45) is 0 Å². The van der Waals surface area contributed by atoms with E-state index in [0.29, 0.717) is 5.56 Å². The number of carbonyl (C=O) groups is 2. The van der Waals surface area contributed by atoms with Crippen LogP contribution in [0.1, 0.15) is 29.7 Å². The number of nitrogens with two attached hydrogens (primary N) is 1. The lowest BCUT2D eigenvalue weighted by molar-refractivity contribution is -0.683. The first-order chi connectivity index (χ1) is 13.2. The van der Waals surface area contributed by atoms with E-state index in [9.17, 15) is 18.4 Å². The average Bonchev–Trinajstić information content (AvgIpc) is 2.64. The highest BCUT2D eigenvalue weighted by atomic mass is 19.2. The van der Waals surface area contributed by atoms with Crippen LogP contribution >= 0.6 is 0 Å². The molecule has 150 valence electrons. The van der Waals surface area contributed by atoms with Gasteiger partial charge in [-0.05, 0) is 50.1 Å². The lowest BCUT2D eigenvalue weighted by Crippen LogP contribution is -2.87. The molecule has 5 nitrogen and oxygen atoms in total. The molecule has 3 N–H and O–H groups in total. The minimum absolute atomic E-state index is 0.0694. The minimum atomic E-state index is -0.913. The van der Waals surface area contributed by atoms with Crippen LogP contribution in [0.3, 0.4) is 0 Å². The number of likely N-dealkylation sites (N-methyl/N-ethyl adjacent to an activating group) is 1. The van der Waals surface area contributed by atoms with Crippen LogP contribution in [0.15, 0.2) is 36.4 Å². The van der Waals surface area contributed by atoms with Crippen molar-refractivity contribution >= 4 is 17.5 Å². The summed E-state index contributed by atoms with van der Waals surface area (Å²) in [4.78, 5) is 25.9. The zero-order valence-corrected chi connectivity index (χ0v) is 16.6. The van der Waals surface area contributed by atoms with Gasteiger partial charge in [-0.1, -0.05) is 18.2 Å². The first-order valence-corrected chi connectivity index (χ1v) is 9.07. The SMILES string of the molecule is Cc1cccc(C)c1NC(=O)CN(C)C(=O)C[NH2+][C@@H](C)c1ccc(F)c(F)c1. The number of para-hydroxylation sites is 1. The van der Waals surface area contributed by atoms with Gasteiger partial charge in [-0.3, -0.25) is 9.59 Å². The van der Waals surface area contributed by atoms with E-state index in [0.717, 1.165) is 28.9 Å². The summed E-state index contributed by atoms with van der Waals surface area (Å²) in [6.07, 6.45) is 0. The summed E-state index contributed by atoms with van der Waals surface area (Å²) in [6, 6.07) is 9.20. The van der Waals surface area contributed by atoms with Gasteiger partial charge >= 0.3 is 0 Å². The maximum atomic E-state index is 13.3. The van der Waals surface area contributed by atoms with Gasteiger partial charge in [-0.15, -0.1) is 0 Å². The molecule has 2 amide bonds. The van der Waals surface area contributed by atoms with Crippen molar-refractivity contribution < 1.29 is 23.7 Å². The fourth-order valence-electron chi connectivity index (χ4n) is 2.86. The third kappa shape index (κ3) is 5.60. The van der Waals surface area contributed by atoms with Gasteiger partial charge in [0.15, 0.2) is 18.2 Å². The second-order valence-electron chi connectivity index (χ2n) is 6.97. The number of benzene rings is 2. The quantitative estimate of drug-likeness (QED) is 0.762. The molecule has 0 saturated carbocycles. The van der Waals surface area contributed by atoms with E-state index >= 15 is 0 Å². The van der Waals surface area contributed by atoms with Crippen LogP contribution < -0.4 is 10.6 Å². The molecule has 28 heavy (non-hydrogen) atoms. The Hall–Kier alpha value is -2.80. The Bertz CT molecular complexity index is 850. The van der Waals surface area contributed by atoms with Crippen LogP contribution in [-0.4, -0.2) is 36.9 Å². The second-order valence-corrected chi connectivity index (χ2v) is 6.97. The van der Waals surface area contributed by atoms with Crippen LogP contribution in [-0.2, 0) is 9.59 Å². The molecule has 0 spiro atoms. The lowest BCUT2D eigenvalue weighted by Gasteiger charge is -2.18. The first-order valence-electron chi connectivity index (χ1n) is 9.07. The van der Waals surface area contributed by atoms with Crippen LogP contribution in [0.5, 0.6) is 0 Å². The number of carbonyl (C=O) groups excluding carboxylic acids is 2. The standard InChI is InChI=1S/C21H25F2N3O2/c1-13-6-5-7-14(2)21(13)25-19(27)12-26(4)20(28)11-24-15(3)16-8-9-17(22)18(23)10-16/h5-10,15,24H,11-12H2,1-4H3,(H,25,27)/p+1/t15-/m0/s1. The van der Waals surface area contributed by atoms with E-state index in [1.54, 1.807) is 19.3 Å². The Morgan fingerprint density at radius 1 is 1.11 bits per heavy atom. The summed E-state index contributed by atoms with van der Waals surface area (Å²) >= 11 is 0. The third-order valence-electron chi connectivity index (χ3n) is 4.67. The van der Waals surface area contributed by atoms with Gasteiger partial charge in [0.2, 0.25) is 5.91 Å². The molecule has 0 aliphatic carbocycles. The lowest BCUT2D eigenvalue weighted by atomic mass is 10.1. The number of anilines is 1. The van der Waals surface area contributed by atoms with Crippen molar-refractivity contribution in [2.75, 3.05) is 25.5 Å². The zero-order chi connectivity index (χ0) is 20.8. The Morgan fingerprint density at radius 2 is 1.75 bits per heavy atom. The summed E-state index contributed by atoms with van der Waals surface area (Å²) in [7, 11) is 1.56. The Labute approximate surface area is 163 Å². The first kappa shape index (κ1) is 21.5. The molecule has 2 rings (SSSR count). The molecule has 2 aromatic carbocycles. The molecular formula is C21H26F2N3O2+. The second kappa shape index (κ2) is 9.41. The van der Waals surface area contributed by atoms with Crippen LogP contribution in [0.25, 0.3) is 0 Å². The highest BCUT2D eigenvalue weighted by Crippen LogP contribution is 2.19. The van der Waals surface area contributed by atoms with Gasteiger partial charge in [0.05, 0.1) is 6.54 Å². The number of amides is 2. The maximum absolute atomic E-state index is 13.3. The summed E-state index contributed by atoms with van der Waals surface area (Å²) < 4.78 is 26.4. The van der Waals surface area contributed by atoms with Crippen LogP contribution in [0.4, 0.5) is 14.5 Å². The predicted octanol–water partition coefficient (Wildman–Crippen LogP) is 2.30. The van der Waals surface area contributed by atoms with Crippen LogP contribution in [0.2, 0.25) is 0 Å². The van der Waals surface area contributed by atoms with Crippen molar-refractivity contribution in [3.8, 4) is 0 Å².